The molecule has 0 radical (unpaired) electrons. The second kappa shape index (κ2) is 8.06. The Balaban J connectivity index is 4.22. The lowest BCUT2D eigenvalue weighted by Crippen LogP contribution is -2.46. The van der Waals surface area contributed by atoms with Crippen LogP contribution in [-0.2, 0) is 9.59 Å². The molecular formula is C12H24N2O3. The number of carbonyl (C=O) groups is 2. The van der Waals surface area contributed by atoms with Crippen LogP contribution in [0, 0.1) is 5.92 Å². The molecule has 0 rings (SSSR count). The molecule has 100 valence electrons. The fourth-order valence-electron chi connectivity index (χ4n) is 1.48. The molecule has 2 unspecified atom stereocenters. The van der Waals surface area contributed by atoms with E-state index in [4.69, 9.17) is 5.11 Å². The Hall–Kier alpha value is -1.10. The van der Waals surface area contributed by atoms with Crippen LogP contribution >= 0.6 is 0 Å². The van der Waals surface area contributed by atoms with Gasteiger partial charge in [-0.15, -0.1) is 0 Å². The van der Waals surface area contributed by atoms with Gasteiger partial charge in [-0.25, -0.2) is 0 Å². The van der Waals surface area contributed by atoms with E-state index in [2.05, 4.69) is 10.6 Å². The first-order valence-electron chi connectivity index (χ1n) is 6.05. The summed E-state index contributed by atoms with van der Waals surface area (Å²) in [7, 11) is 1.55. The highest BCUT2D eigenvalue weighted by atomic mass is 16.3. The van der Waals surface area contributed by atoms with Crippen molar-refractivity contribution in [2.24, 2.45) is 5.92 Å². The lowest BCUT2D eigenvalue weighted by molar-refractivity contribution is -0.129. The molecule has 0 heterocycles. The summed E-state index contributed by atoms with van der Waals surface area (Å²) >= 11 is 0. The van der Waals surface area contributed by atoms with E-state index in [1.54, 1.807) is 14.0 Å². The van der Waals surface area contributed by atoms with E-state index in [1.807, 2.05) is 13.8 Å². The second-order valence-electron chi connectivity index (χ2n) is 4.75. The molecule has 0 aromatic carbocycles. The van der Waals surface area contributed by atoms with E-state index >= 15 is 0 Å². The number of carbonyl (C=O) groups excluding carboxylic acids is 2. The minimum Gasteiger partial charge on any atom is -0.393 e. The third kappa shape index (κ3) is 7.74. The van der Waals surface area contributed by atoms with E-state index in [9.17, 15) is 9.59 Å². The third-order valence-corrected chi connectivity index (χ3v) is 2.39. The van der Waals surface area contributed by atoms with Gasteiger partial charge >= 0.3 is 0 Å². The van der Waals surface area contributed by atoms with Gasteiger partial charge in [0.05, 0.1) is 6.10 Å². The van der Waals surface area contributed by atoms with Crippen molar-refractivity contribution in [1.29, 1.82) is 0 Å². The lowest BCUT2D eigenvalue weighted by atomic mass is 10.0. The smallest absolute Gasteiger partial charge is 0.242 e. The van der Waals surface area contributed by atoms with Gasteiger partial charge in [-0.1, -0.05) is 13.8 Å². The number of amides is 2. The van der Waals surface area contributed by atoms with Crippen LogP contribution < -0.4 is 10.6 Å². The Labute approximate surface area is 103 Å². The topological polar surface area (TPSA) is 78.4 Å². The number of likely N-dealkylation sites (N-methyl/N-ethyl adjacent to an activating group) is 1. The summed E-state index contributed by atoms with van der Waals surface area (Å²) in [6.45, 7) is 5.63. The average molecular weight is 244 g/mol. The van der Waals surface area contributed by atoms with Crippen molar-refractivity contribution < 1.29 is 14.7 Å². The highest BCUT2D eigenvalue weighted by Crippen LogP contribution is 2.06. The van der Waals surface area contributed by atoms with Crippen LogP contribution in [0.15, 0.2) is 0 Å². The Bertz CT molecular complexity index is 252. The molecule has 0 saturated heterocycles. The maximum absolute atomic E-state index is 11.6. The van der Waals surface area contributed by atoms with E-state index in [0.717, 1.165) is 0 Å². The van der Waals surface area contributed by atoms with Gasteiger partial charge in [-0.05, 0) is 25.7 Å². The fourth-order valence-corrected chi connectivity index (χ4v) is 1.48. The molecule has 0 spiro atoms. The minimum absolute atomic E-state index is 0.177. The van der Waals surface area contributed by atoms with Crippen LogP contribution in [0.2, 0.25) is 0 Å². The minimum atomic E-state index is -0.496. The molecule has 2 amide bonds. The number of hydrogen-bond acceptors (Lipinski definition) is 3. The molecule has 17 heavy (non-hydrogen) atoms. The maximum atomic E-state index is 11.6. The summed E-state index contributed by atoms with van der Waals surface area (Å²) in [4.78, 5) is 23.1. The summed E-state index contributed by atoms with van der Waals surface area (Å²) in [5, 5.41) is 14.3. The molecule has 0 aliphatic carbocycles. The highest BCUT2D eigenvalue weighted by molar-refractivity contribution is 5.87. The molecule has 0 fully saturated rings. The zero-order valence-corrected chi connectivity index (χ0v) is 11.1. The van der Waals surface area contributed by atoms with Gasteiger partial charge in [0.1, 0.15) is 6.04 Å². The first-order valence-corrected chi connectivity index (χ1v) is 6.05. The Morgan fingerprint density at radius 1 is 1.24 bits per heavy atom. The predicted molar refractivity (Wildman–Crippen MR) is 66.4 cm³/mol. The molecule has 3 N–H and O–H groups in total. The normalized spacial score (nSPS) is 14.2. The number of rotatable bonds is 7. The van der Waals surface area contributed by atoms with Crippen LogP contribution in [0.5, 0.6) is 0 Å². The Morgan fingerprint density at radius 2 is 1.82 bits per heavy atom. The van der Waals surface area contributed by atoms with Crippen molar-refractivity contribution in [2.45, 2.75) is 52.2 Å². The fraction of sp³-hybridized carbons (Fsp3) is 0.833. The molecular weight excluding hydrogens is 220 g/mol. The molecule has 0 aliphatic heterocycles. The molecule has 5 nitrogen and oxygen atoms in total. The van der Waals surface area contributed by atoms with Crippen molar-refractivity contribution in [1.82, 2.24) is 10.6 Å². The SMILES string of the molecule is CNC(=O)C(CC(C)C)NC(=O)CCC(C)O. The van der Waals surface area contributed by atoms with Gasteiger partial charge in [0.15, 0.2) is 0 Å². The van der Waals surface area contributed by atoms with E-state index < -0.39 is 12.1 Å². The van der Waals surface area contributed by atoms with Crippen molar-refractivity contribution in [3.63, 3.8) is 0 Å². The van der Waals surface area contributed by atoms with Crippen molar-refractivity contribution in [2.75, 3.05) is 7.05 Å². The van der Waals surface area contributed by atoms with Crippen molar-refractivity contribution >= 4 is 11.8 Å². The summed E-state index contributed by atoms with van der Waals surface area (Å²) in [5.74, 6) is -0.0430. The van der Waals surface area contributed by atoms with Crippen LogP contribution in [0.25, 0.3) is 0 Å². The van der Waals surface area contributed by atoms with Gasteiger partial charge < -0.3 is 15.7 Å². The lowest BCUT2D eigenvalue weighted by Gasteiger charge is -2.19. The van der Waals surface area contributed by atoms with Crippen LogP contribution in [0.4, 0.5) is 0 Å². The number of nitrogens with one attached hydrogen (secondary N) is 2. The molecule has 5 heteroatoms. The molecule has 0 aliphatic rings. The summed E-state index contributed by atoms with van der Waals surface area (Å²) in [5.41, 5.74) is 0. The number of aliphatic hydroxyl groups excluding tert-OH is 1. The van der Waals surface area contributed by atoms with Crippen LogP contribution in [0.3, 0.4) is 0 Å². The number of aliphatic hydroxyl groups is 1. The zero-order valence-electron chi connectivity index (χ0n) is 11.1. The van der Waals surface area contributed by atoms with Gasteiger partial charge in [0.2, 0.25) is 11.8 Å². The predicted octanol–water partition coefficient (Wildman–Crippen LogP) is 0.424. The van der Waals surface area contributed by atoms with Gasteiger partial charge in [-0.2, -0.15) is 0 Å². The molecule has 0 aromatic heterocycles. The summed E-state index contributed by atoms with van der Waals surface area (Å²) in [6, 6.07) is -0.485. The summed E-state index contributed by atoms with van der Waals surface area (Å²) < 4.78 is 0. The van der Waals surface area contributed by atoms with Crippen LogP contribution in [-0.4, -0.2) is 36.1 Å². The zero-order chi connectivity index (χ0) is 13.4. The Kier molecular flexibility index (Phi) is 7.54. The molecule has 0 saturated carbocycles. The monoisotopic (exact) mass is 244 g/mol. The van der Waals surface area contributed by atoms with Crippen molar-refractivity contribution in [3.8, 4) is 0 Å². The standard InChI is InChI=1S/C12H24N2O3/c1-8(2)7-10(12(17)13-4)14-11(16)6-5-9(3)15/h8-10,15H,5-7H2,1-4H3,(H,13,17)(H,14,16). The van der Waals surface area contributed by atoms with E-state index in [0.29, 0.717) is 18.8 Å². The Morgan fingerprint density at radius 3 is 2.24 bits per heavy atom. The third-order valence-electron chi connectivity index (χ3n) is 2.39. The quantitative estimate of drug-likeness (QED) is 0.607. The largest absolute Gasteiger partial charge is 0.393 e. The highest BCUT2D eigenvalue weighted by Gasteiger charge is 2.20. The molecule has 2 atom stereocenters. The molecule has 0 bridgehead atoms. The van der Waals surface area contributed by atoms with Gasteiger partial charge in [0.25, 0.3) is 0 Å². The first-order chi connectivity index (χ1) is 7.86. The van der Waals surface area contributed by atoms with E-state index in [-0.39, 0.29) is 18.2 Å². The van der Waals surface area contributed by atoms with Gasteiger partial charge in [0, 0.05) is 13.5 Å². The van der Waals surface area contributed by atoms with Crippen LogP contribution in [0.1, 0.15) is 40.0 Å². The van der Waals surface area contributed by atoms with Crippen molar-refractivity contribution in [3.05, 3.63) is 0 Å². The maximum Gasteiger partial charge on any atom is 0.242 e. The second-order valence-corrected chi connectivity index (χ2v) is 4.75. The number of hydrogen-bond donors (Lipinski definition) is 3. The van der Waals surface area contributed by atoms with E-state index in [1.165, 1.54) is 0 Å². The summed E-state index contributed by atoms with van der Waals surface area (Å²) in [6.07, 6.45) is 0.765. The average Bonchev–Trinajstić information content (AvgIpc) is 2.23. The van der Waals surface area contributed by atoms with Gasteiger partial charge in [-0.3, -0.25) is 9.59 Å². The first kappa shape index (κ1) is 15.9. The molecule has 0 aromatic rings.